The van der Waals surface area contributed by atoms with Gasteiger partial charge in [-0.15, -0.1) is 22.7 Å². The summed E-state index contributed by atoms with van der Waals surface area (Å²) in [6, 6.07) is 8.73. The van der Waals surface area contributed by atoms with E-state index in [1.165, 1.54) is 21.7 Å². The van der Waals surface area contributed by atoms with Gasteiger partial charge in [0, 0.05) is 31.6 Å². The van der Waals surface area contributed by atoms with Gasteiger partial charge in [0.15, 0.2) is 0 Å². The lowest BCUT2D eigenvalue weighted by molar-refractivity contribution is -0.128. The molecule has 3 atom stereocenters. The van der Waals surface area contributed by atoms with Gasteiger partial charge >= 0.3 is 6.03 Å². The van der Waals surface area contributed by atoms with E-state index in [9.17, 15) is 23.1 Å². The fourth-order valence-electron chi connectivity index (χ4n) is 5.56. The van der Waals surface area contributed by atoms with Crippen molar-refractivity contribution in [1.29, 1.82) is 0 Å². The molecule has 3 aromatic rings. The number of nitrogens with one attached hydrogen (secondary N) is 1. The van der Waals surface area contributed by atoms with E-state index in [2.05, 4.69) is 10.3 Å². The highest BCUT2D eigenvalue weighted by Crippen LogP contribution is 2.36. The van der Waals surface area contributed by atoms with E-state index in [0.29, 0.717) is 19.6 Å². The fourth-order valence-corrected chi connectivity index (χ4v) is 9.90. The molecule has 46 heavy (non-hydrogen) atoms. The highest BCUT2D eigenvalue weighted by molar-refractivity contribution is 7.89. The Balaban J connectivity index is 1.57. The zero-order chi connectivity index (χ0) is 33.8. The lowest BCUT2D eigenvalue weighted by Gasteiger charge is -2.34. The van der Waals surface area contributed by atoms with Gasteiger partial charge in [0.1, 0.15) is 15.3 Å². The van der Waals surface area contributed by atoms with Crippen molar-refractivity contribution in [3.63, 3.8) is 0 Å². The van der Waals surface area contributed by atoms with Crippen molar-refractivity contribution in [1.82, 2.24) is 24.4 Å². The van der Waals surface area contributed by atoms with Gasteiger partial charge in [0.05, 0.1) is 33.7 Å². The number of nitrogens with zero attached hydrogens (tertiary/aromatic N) is 4. The number of aromatic nitrogens is 1. The highest BCUT2D eigenvalue weighted by atomic mass is 35.5. The maximum atomic E-state index is 14.0. The van der Waals surface area contributed by atoms with E-state index in [-0.39, 0.29) is 50.9 Å². The Kier molecular flexibility index (Phi) is 12.5. The molecule has 1 aliphatic rings. The van der Waals surface area contributed by atoms with Crippen molar-refractivity contribution in [2.24, 2.45) is 11.8 Å². The molecule has 0 spiro atoms. The van der Waals surface area contributed by atoms with Crippen LogP contribution in [-0.4, -0.2) is 88.9 Å². The molecule has 0 aliphatic carbocycles. The first-order valence-corrected chi connectivity index (χ1v) is 19.0. The highest BCUT2D eigenvalue weighted by Gasteiger charge is 2.41. The van der Waals surface area contributed by atoms with Crippen molar-refractivity contribution in [3.05, 3.63) is 66.7 Å². The van der Waals surface area contributed by atoms with Crippen LogP contribution in [0.1, 0.15) is 44.0 Å². The zero-order valence-electron chi connectivity index (χ0n) is 26.5. The van der Waals surface area contributed by atoms with E-state index in [0.717, 1.165) is 27.6 Å². The average molecular weight is 731 g/mol. The third-order valence-corrected chi connectivity index (χ3v) is 12.1. The minimum Gasteiger partial charge on any atom is -0.390 e. The van der Waals surface area contributed by atoms with Crippen LogP contribution < -0.4 is 5.32 Å². The molecule has 1 fully saturated rings. The standard InChI is InChI=1S/C31H41Cl2N5O5S3/c1-19(2)15-37(46(42,43)26-14-27(32)45-29(26)33)17-25(39)24(13-22-9-7-6-8-10-22)35-30(40)28(20(3)4)38-12-11-36(31(38)41)16-23-18-44-21(5)34-23/h6-10,14,18-20,24-25,28,39H,11-13,15-17H2,1-5H3,(H,35,40)/t24-,25+,28-/m0/s1. The van der Waals surface area contributed by atoms with E-state index >= 15 is 0 Å². The molecule has 1 saturated heterocycles. The Labute approximate surface area is 289 Å². The first-order chi connectivity index (χ1) is 21.7. The number of thiophene rings is 1. The number of hydrogen-bond acceptors (Lipinski definition) is 8. The van der Waals surface area contributed by atoms with Crippen LogP contribution >= 0.6 is 45.9 Å². The Morgan fingerprint density at radius 1 is 1.13 bits per heavy atom. The van der Waals surface area contributed by atoms with Gasteiger partial charge < -0.3 is 20.2 Å². The largest absolute Gasteiger partial charge is 0.390 e. The number of carbonyl (C=O) groups excluding carboxylic acids is 2. The summed E-state index contributed by atoms with van der Waals surface area (Å²) in [5.74, 6) is -0.719. The number of aliphatic hydroxyl groups excluding tert-OH is 1. The van der Waals surface area contributed by atoms with Crippen LogP contribution in [0.3, 0.4) is 0 Å². The Morgan fingerprint density at radius 2 is 1.83 bits per heavy atom. The van der Waals surface area contributed by atoms with Crippen LogP contribution in [0, 0.1) is 18.8 Å². The molecule has 3 heterocycles. The Hall–Kier alpha value is -2.26. The predicted molar refractivity (Wildman–Crippen MR) is 184 cm³/mol. The maximum absolute atomic E-state index is 14.0. The second-order valence-electron chi connectivity index (χ2n) is 12.2. The van der Waals surface area contributed by atoms with E-state index in [4.69, 9.17) is 23.2 Å². The second kappa shape index (κ2) is 15.8. The summed E-state index contributed by atoms with van der Waals surface area (Å²) < 4.78 is 29.0. The molecular formula is C31H41Cl2N5O5S3. The first-order valence-electron chi connectivity index (χ1n) is 15.1. The van der Waals surface area contributed by atoms with Crippen molar-refractivity contribution in [2.45, 2.75) is 70.7 Å². The number of hydrogen-bond donors (Lipinski definition) is 2. The molecule has 15 heteroatoms. The van der Waals surface area contributed by atoms with Crippen molar-refractivity contribution >= 4 is 67.8 Å². The molecule has 0 radical (unpaired) electrons. The van der Waals surface area contributed by atoms with Gasteiger partial charge in [-0.3, -0.25) is 4.79 Å². The minimum absolute atomic E-state index is 0.0383. The number of thiazole rings is 1. The number of benzene rings is 1. The normalized spacial score (nSPS) is 16.1. The summed E-state index contributed by atoms with van der Waals surface area (Å²) in [6.45, 7) is 10.4. The van der Waals surface area contributed by atoms with Gasteiger partial charge in [-0.1, -0.05) is 81.2 Å². The van der Waals surface area contributed by atoms with Gasteiger partial charge in [0.2, 0.25) is 15.9 Å². The lowest BCUT2D eigenvalue weighted by atomic mass is 9.97. The van der Waals surface area contributed by atoms with E-state index in [1.807, 2.05) is 70.3 Å². The maximum Gasteiger partial charge on any atom is 0.321 e. The summed E-state index contributed by atoms with van der Waals surface area (Å²) in [5, 5.41) is 17.5. The first kappa shape index (κ1) is 36.6. The average Bonchev–Trinajstić information content (AvgIpc) is 3.66. The van der Waals surface area contributed by atoms with Crippen LogP contribution in [0.5, 0.6) is 0 Å². The van der Waals surface area contributed by atoms with Gasteiger partial charge in [-0.25, -0.2) is 18.2 Å². The Morgan fingerprint density at radius 3 is 2.39 bits per heavy atom. The fraction of sp³-hybridized carbons (Fsp3) is 0.516. The monoisotopic (exact) mass is 729 g/mol. The Bertz CT molecular complexity index is 1600. The quantitative estimate of drug-likeness (QED) is 0.213. The number of aliphatic hydroxyl groups is 1. The molecule has 1 aromatic carbocycles. The van der Waals surface area contributed by atoms with Gasteiger partial charge in [-0.2, -0.15) is 4.31 Å². The molecule has 2 N–H and O–H groups in total. The number of urea groups is 1. The summed E-state index contributed by atoms with van der Waals surface area (Å²) in [6.07, 6.45) is -1.06. The molecule has 0 saturated carbocycles. The van der Waals surface area contributed by atoms with Crippen LogP contribution in [0.4, 0.5) is 4.79 Å². The number of rotatable bonds is 15. The minimum atomic E-state index is -4.12. The number of amides is 3. The van der Waals surface area contributed by atoms with Crippen molar-refractivity contribution < 1.29 is 23.1 Å². The number of halogens is 2. The van der Waals surface area contributed by atoms with Crippen LogP contribution in [0.25, 0.3) is 0 Å². The molecule has 252 valence electrons. The molecule has 2 aromatic heterocycles. The third-order valence-electron chi connectivity index (χ3n) is 7.68. The molecule has 3 amide bonds. The molecule has 1 aliphatic heterocycles. The SMILES string of the molecule is Cc1nc(CN2CCN([C@H](C(=O)N[C@@H](Cc3ccccc3)[C@H](O)CN(CC(C)C)S(=O)(=O)c3cc(Cl)sc3Cl)C(C)C)C2=O)cs1. The van der Waals surface area contributed by atoms with Crippen molar-refractivity contribution in [2.75, 3.05) is 26.2 Å². The third kappa shape index (κ3) is 9.00. The summed E-state index contributed by atoms with van der Waals surface area (Å²) in [4.78, 5) is 35.1. The van der Waals surface area contributed by atoms with E-state index in [1.54, 1.807) is 9.80 Å². The molecule has 0 unspecified atom stereocenters. The summed E-state index contributed by atoms with van der Waals surface area (Å²) in [7, 11) is -4.12. The molecule has 4 rings (SSSR count). The summed E-state index contributed by atoms with van der Waals surface area (Å²) >= 11 is 14.8. The molecule has 0 bridgehead atoms. The van der Waals surface area contributed by atoms with E-state index < -0.39 is 34.1 Å². The smallest absolute Gasteiger partial charge is 0.321 e. The topological polar surface area (TPSA) is 123 Å². The van der Waals surface area contributed by atoms with Crippen LogP contribution in [0.15, 0.2) is 46.7 Å². The predicted octanol–water partition coefficient (Wildman–Crippen LogP) is 5.52. The van der Waals surface area contributed by atoms with Gasteiger partial charge in [-0.05, 0) is 36.8 Å². The molecular weight excluding hydrogens is 689 g/mol. The number of sulfonamides is 1. The second-order valence-corrected chi connectivity index (χ2v) is 17.5. The number of carbonyl (C=O) groups is 2. The van der Waals surface area contributed by atoms with Gasteiger partial charge in [0.25, 0.3) is 0 Å². The van der Waals surface area contributed by atoms with Crippen LogP contribution in [0.2, 0.25) is 8.67 Å². The molecule has 10 nitrogen and oxygen atoms in total. The zero-order valence-corrected chi connectivity index (χ0v) is 30.5. The lowest BCUT2D eigenvalue weighted by Crippen LogP contribution is -2.57. The van der Waals surface area contributed by atoms with Crippen LogP contribution in [-0.2, 0) is 27.8 Å². The van der Waals surface area contributed by atoms with Crippen molar-refractivity contribution in [3.8, 4) is 0 Å². The number of aryl methyl sites for hydroxylation is 1. The summed E-state index contributed by atoms with van der Waals surface area (Å²) in [5.41, 5.74) is 1.65.